The molecule has 0 unspecified atom stereocenters. The van der Waals surface area contributed by atoms with Gasteiger partial charge in [-0.2, -0.15) is 0 Å². The van der Waals surface area contributed by atoms with E-state index in [1.807, 2.05) is 72.5 Å². The Balaban J connectivity index is 1.50. The number of rotatable bonds is 6. The summed E-state index contributed by atoms with van der Waals surface area (Å²) in [6.45, 7) is 4.75. The van der Waals surface area contributed by atoms with Crippen molar-refractivity contribution in [3.8, 4) is 0 Å². The number of fused-ring (bicyclic) bond motifs is 4. The fourth-order valence-electron chi connectivity index (χ4n) is 7.44. The zero-order valence-electron chi connectivity index (χ0n) is 34.9. The van der Waals surface area contributed by atoms with E-state index in [1.165, 1.54) is 3.27 Å². The summed E-state index contributed by atoms with van der Waals surface area (Å²) in [7, 11) is 0. The predicted octanol–water partition coefficient (Wildman–Crippen LogP) is 9.65. The fraction of sp³-hybridized carbons (Fsp3) is 0.0870. The number of para-hydroxylation sites is 2. The zero-order chi connectivity index (χ0) is 39.9. The summed E-state index contributed by atoms with van der Waals surface area (Å²) < 4.78 is 60.7. The molecule has 0 N–H and O–H groups in total. The Hall–Kier alpha value is -5.11. The monoisotopic (exact) mass is 860 g/mol. The van der Waals surface area contributed by atoms with E-state index in [2.05, 4.69) is 75.1 Å². The SMILES string of the molecule is [2H]c1c([2H])c2c(c([2H])c1C)B1c3c(cc(N(c4ccccc4)c4ccccc4)cc3N(c3ccc([AtH]C)cc3)c3c([2H])c([2H])c(C)c([2H])c31)N2c1ccc(C)cc1. The van der Waals surface area contributed by atoms with Gasteiger partial charge in [0, 0.05) is 0 Å². The van der Waals surface area contributed by atoms with Gasteiger partial charge in [-0.05, 0) is 6.92 Å². The molecule has 0 aliphatic carbocycles. The summed E-state index contributed by atoms with van der Waals surface area (Å²) >= 11 is -0.716. The molecule has 248 valence electrons. The average molecular weight is 861 g/mol. The van der Waals surface area contributed by atoms with Crippen LogP contribution in [-0.4, -0.2) is 6.71 Å². The summed E-state index contributed by atoms with van der Waals surface area (Å²) in [6.07, 6.45) is 0. The second kappa shape index (κ2) is 12.9. The molecular formula is C46H39AtBN3. The van der Waals surface area contributed by atoms with E-state index in [4.69, 9.17) is 2.74 Å². The second-order valence-corrected chi connectivity index (χ2v) is 16.5. The molecule has 2 heterocycles. The Morgan fingerprint density at radius 2 is 1.00 bits per heavy atom. The van der Waals surface area contributed by atoms with Crippen molar-refractivity contribution >= 4 is 77.6 Å². The Kier molecular flexibility index (Phi) is 6.52. The maximum absolute atomic E-state index is 9.74. The standard InChI is InChI=1S/C46H39AtBN3/c1-31-15-21-37(22-16-31)50-42-25-17-32(2)27-40(42)48-41-28-33(3)18-26-43(41)51(38-23-19-34(47-4)20-24-38)45-30-39(29-44(50)46(45)48)49(35-11-7-5-8-12-35)36-13-9-6-10-14-36/h5-30,47H,1-4H3/i17D,18D,25D,26D,27D,28D. The molecule has 3 nitrogen and oxygen atoms in total. The summed E-state index contributed by atoms with van der Waals surface area (Å²) in [5, 5.41) is 0. The van der Waals surface area contributed by atoms with Gasteiger partial charge in [-0.25, -0.2) is 0 Å². The molecule has 51 heavy (non-hydrogen) atoms. The number of anilines is 9. The van der Waals surface area contributed by atoms with Crippen LogP contribution < -0.4 is 34.4 Å². The molecule has 7 aromatic rings. The summed E-state index contributed by atoms with van der Waals surface area (Å²) in [5.74, 6) is 0. The van der Waals surface area contributed by atoms with Gasteiger partial charge < -0.3 is 0 Å². The van der Waals surface area contributed by atoms with E-state index in [-0.39, 0.29) is 36.3 Å². The van der Waals surface area contributed by atoms with Crippen molar-refractivity contribution in [1.29, 1.82) is 0 Å². The Morgan fingerprint density at radius 3 is 1.47 bits per heavy atom. The summed E-state index contributed by atoms with van der Waals surface area (Å²) in [6, 6.07) is 41.5. The molecule has 0 amide bonds. The number of hydrogen-bond acceptors (Lipinski definition) is 3. The van der Waals surface area contributed by atoms with Gasteiger partial charge in [0.2, 0.25) is 0 Å². The van der Waals surface area contributed by atoms with E-state index < -0.39 is 29.9 Å². The Labute approximate surface area is 321 Å². The zero-order valence-corrected chi connectivity index (χ0v) is 32.0. The van der Waals surface area contributed by atoms with Crippen LogP contribution in [0.5, 0.6) is 0 Å². The van der Waals surface area contributed by atoms with Crippen LogP contribution in [0.2, 0.25) is 4.63 Å². The predicted molar refractivity (Wildman–Crippen MR) is 216 cm³/mol. The number of hydrogen-bond donors (Lipinski definition) is 0. The quantitative estimate of drug-likeness (QED) is 0.154. The molecule has 7 aromatic carbocycles. The summed E-state index contributed by atoms with van der Waals surface area (Å²) in [5.41, 5.74) is 10.4. The van der Waals surface area contributed by atoms with Gasteiger partial charge >= 0.3 is 297 Å². The first-order chi connectivity index (χ1) is 27.5. The van der Waals surface area contributed by atoms with Crippen molar-refractivity contribution in [3.63, 3.8) is 0 Å². The van der Waals surface area contributed by atoms with Gasteiger partial charge in [-0.15, -0.1) is 0 Å². The summed E-state index contributed by atoms with van der Waals surface area (Å²) in [4.78, 5) is 6.28. The molecule has 2 aliphatic rings. The molecular weight excluding hydrogens is 815 g/mol. The van der Waals surface area contributed by atoms with Crippen LogP contribution in [0.4, 0.5) is 51.2 Å². The van der Waals surface area contributed by atoms with Crippen LogP contribution >= 0.6 is 0 Å². The van der Waals surface area contributed by atoms with Crippen LogP contribution in [0.3, 0.4) is 0 Å². The molecule has 0 radical (unpaired) electrons. The third-order valence-electron chi connectivity index (χ3n) is 9.72. The van der Waals surface area contributed by atoms with Crippen molar-refractivity contribution in [3.05, 3.63) is 174 Å². The van der Waals surface area contributed by atoms with E-state index in [1.54, 1.807) is 13.8 Å². The van der Waals surface area contributed by atoms with Gasteiger partial charge in [-0.1, -0.05) is 17.7 Å². The van der Waals surface area contributed by atoms with E-state index in [0.717, 1.165) is 50.8 Å². The first-order valence-corrected chi connectivity index (χ1v) is 21.9. The third kappa shape index (κ3) is 5.47. The number of aryl methyl sites for hydroxylation is 1. The van der Waals surface area contributed by atoms with Crippen LogP contribution in [0, 0.1) is 44.0 Å². The topological polar surface area (TPSA) is 9.72 Å². The first-order valence-electron chi connectivity index (χ1n) is 20.1. The van der Waals surface area contributed by atoms with Crippen LogP contribution in [0.15, 0.2) is 158 Å². The molecule has 0 saturated heterocycles. The van der Waals surface area contributed by atoms with Crippen molar-refractivity contribution in [2.45, 2.75) is 25.4 Å². The molecule has 0 saturated carbocycles. The maximum atomic E-state index is 9.74. The molecule has 0 atom stereocenters. The Morgan fingerprint density at radius 1 is 0.529 bits per heavy atom. The fourth-order valence-corrected chi connectivity index (χ4v) is 9.02. The van der Waals surface area contributed by atoms with Gasteiger partial charge in [0.05, 0.1) is 1.37 Å². The van der Waals surface area contributed by atoms with Gasteiger partial charge in [-0.3, -0.25) is 0 Å². The van der Waals surface area contributed by atoms with E-state index in [0.29, 0.717) is 33.4 Å². The van der Waals surface area contributed by atoms with Gasteiger partial charge in [0.25, 0.3) is 0 Å². The average Bonchev–Trinajstić information content (AvgIpc) is 3.24. The van der Waals surface area contributed by atoms with Crippen molar-refractivity contribution in [2.75, 3.05) is 14.7 Å². The molecule has 0 spiro atoms. The van der Waals surface area contributed by atoms with Crippen LogP contribution in [-0.2, 0) is 0 Å². The minimum atomic E-state index is -0.732. The van der Waals surface area contributed by atoms with E-state index in [9.17, 15) is 5.48 Å². The molecule has 5 heteroatoms. The van der Waals surface area contributed by atoms with Crippen LogP contribution in [0.25, 0.3) is 0 Å². The Bertz CT molecular complexity index is 2690. The number of benzene rings is 7. The van der Waals surface area contributed by atoms with Crippen molar-refractivity contribution in [2.24, 2.45) is 0 Å². The van der Waals surface area contributed by atoms with Crippen LogP contribution in [0.1, 0.15) is 24.9 Å². The number of nitrogens with zero attached hydrogens (tertiary/aromatic N) is 3. The molecule has 0 aromatic heterocycles. The van der Waals surface area contributed by atoms with E-state index >= 15 is 0 Å². The van der Waals surface area contributed by atoms with Crippen molar-refractivity contribution < 1.29 is 31.5 Å². The second-order valence-electron chi connectivity index (χ2n) is 13.1. The normalized spacial score (nSPS) is 14.4. The molecule has 0 bridgehead atoms. The molecule has 9 rings (SSSR count). The third-order valence-corrected chi connectivity index (χ3v) is 12.6. The van der Waals surface area contributed by atoms with Gasteiger partial charge in [0.15, 0.2) is 0 Å². The first kappa shape index (κ1) is 25.8. The minimum absolute atomic E-state index is 0.00358. The molecule has 2 aliphatic heterocycles. The van der Waals surface area contributed by atoms with Crippen molar-refractivity contribution in [1.82, 2.24) is 0 Å². The van der Waals surface area contributed by atoms with Gasteiger partial charge in [0.1, 0.15) is 0 Å². The molecule has 0 fully saturated rings.